The lowest BCUT2D eigenvalue weighted by Gasteiger charge is -2.07. The lowest BCUT2D eigenvalue weighted by atomic mass is 10.1. The average molecular weight is 506 g/mol. The molecule has 3 rings (SSSR count). The highest BCUT2D eigenvalue weighted by Gasteiger charge is 2.08. The Labute approximate surface area is 179 Å². The van der Waals surface area contributed by atoms with Crippen LogP contribution in [0.4, 0.5) is 0 Å². The highest BCUT2D eigenvalue weighted by Crippen LogP contribution is 2.30. The number of nitrogens with zero attached hydrogens (tertiary/aromatic N) is 3. The Balaban J connectivity index is 1.70. The number of benzene rings is 2. The molecule has 2 aromatic carbocycles. The van der Waals surface area contributed by atoms with Crippen molar-refractivity contribution in [3.8, 4) is 5.75 Å². The van der Waals surface area contributed by atoms with Gasteiger partial charge >= 0.3 is 0 Å². The van der Waals surface area contributed by atoms with Gasteiger partial charge in [0.15, 0.2) is 0 Å². The van der Waals surface area contributed by atoms with E-state index in [9.17, 15) is 9.90 Å². The number of carbonyl (C=O) groups is 1. The first-order valence-electron chi connectivity index (χ1n) is 8.45. The number of carbonyl (C=O) groups excluding carboxylic acids is 1. The first kappa shape index (κ1) is 20.3. The van der Waals surface area contributed by atoms with Crippen molar-refractivity contribution < 1.29 is 9.90 Å². The molecule has 0 aliphatic carbocycles. The number of aryl methyl sites for hydroxylation is 2. The van der Waals surface area contributed by atoms with Crippen LogP contribution in [-0.2, 0) is 6.54 Å². The highest BCUT2D eigenvalue weighted by molar-refractivity contribution is 9.11. The summed E-state index contributed by atoms with van der Waals surface area (Å²) in [5, 5.41) is 18.4. The Bertz CT molecular complexity index is 1060. The van der Waals surface area contributed by atoms with Crippen LogP contribution in [0.5, 0.6) is 5.75 Å². The molecule has 28 heavy (non-hydrogen) atoms. The van der Waals surface area contributed by atoms with Crippen molar-refractivity contribution in [2.45, 2.75) is 20.4 Å². The first-order valence-corrected chi connectivity index (χ1v) is 10.0. The fourth-order valence-corrected chi connectivity index (χ4v) is 3.99. The number of hydrogen-bond donors (Lipinski definition) is 2. The number of hydrazone groups is 1. The Hall–Kier alpha value is -2.45. The highest BCUT2D eigenvalue weighted by atomic mass is 79.9. The van der Waals surface area contributed by atoms with Crippen LogP contribution in [0, 0.1) is 13.8 Å². The van der Waals surface area contributed by atoms with Crippen LogP contribution >= 0.6 is 31.9 Å². The number of nitrogens with one attached hydrogen (secondary N) is 1. The minimum Gasteiger partial charge on any atom is -0.506 e. The smallest absolute Gasteiger partial charge is 0.271 e. The number of amides is 1. The second kappa shape index (κ2) is 8.70. The van der Waals surface area contributed by atoms with E-state index in [1.807, 2.05) is 42.8 Å². The molecule has 8 heteroatoms. The minimum absolute atomic E-state index is 0.0492. The number of phenolic OH excluding ortho intramolecular Hbond substituents is 1. The maximum atomic E-state index is 12.4. The lowest BCUT2D eigenvalue weighted by Crippen LogP contribution is -2.18. The molecule has 0 saturated heterocycles. The van der Waals surface area contributed by atoms with Crippen molar-refractivity contribution >= 4 is 44.0 Å². The third-order valence-corrected chi connectivity index (χ3v) is 5.11. The molecule has 1 heterocycles. The molecule has 1 amide bonds. The number of hydrogen-bond acceptors (Lipinski definition) is 4. The number of phenols is 1. The normalized spacial score (nSPS) is 11.1. The van der Waals surface area contributed by atoms with Crippen LogP contribution in [0.3, 0.4) is 0 Å². The van der Waals surface area contributed by atoms with Gasteiger partial charge in [0.05, 0.1) is 22.9 Å². The number of halogens is 2. The summed E-state index contributed by atoms with van der Waals surface area (Å²) in [5.41, 5.74) is 6.45. The Morgan fingerprint density at radius 2 is 2.04 bits per heavy atom. The van der Waals surface area contributed by atoms with E-state index >= 15 is 0 Å². The average Bonchev–Trinajstić information content (AvgIpc) is 2.96. The van der Waals surface area contributed by atoms with E-state index in [-0.39, 0.29) is 11.7 Å². The molecule has 144 valence electrons. The van der Waals surface area contributed by atoms with Crippen molar-refractivity contribution in [2.24, 2.45) is 5.10 Å². The molecular weight excluding hydrogens is 488 g/mol. The first-order chi connectivity index (χ1) is 13.3. The number of aromatic nitrogens is 2. The molecule has 1 aromatic heterocycles. The molecule has 0 aliphatic heterocycles. The van der Waals surface area contributed by atoms with E-state index < -0.39 is 0 Å². The Morgan fingerprint density at radius 1 is 1.25 bits per heavy atom. The molecule has 3 aromatic rings. The summed E-state index contributed by atoms with van der Waals surface area (Å²) >= 11 is 6.61. The van der Waals surface area contributed by atoms with Crippen molar-refractivity contribution in [1.29, 1.82) is 0 Å². The fraction of sp³-hybridized carbons (Fsp3) is 0.150. The Morgan fingerprint density at radius 3 is 2.75 bits per heavy atom. The molecule has 0 atom stereocenters. The summed E-state index contributed by atoms with van der Waals surface area (Å²) in [5.74, 6) is -0.284. The van der Waals surface area contributed by atoms with Gasteiger partial charge in [-0.25, -0.2) is 5.43 Å². The van der Waals surface area contributed by atoms with Crippen LogP contribution in [0.2, 0.25) is 0 Å². The third-order valence-electron chi connectivity index (χ3n) is 4.05. The zero-order chi connectivity index (χ0) is 20.3. The summed E-state index contributed by atoms with van der Waals surface area (Å²) < 4.78 is 3.21. The van der Waals surface area contributed by atoms with Crippen LogP contribution < -0.4 is 5.43 Å². The van der Waals surface area contributed by atoms with Gasteiger partial charge in [-0.1, -0.05) is 28.1 Å². The van der Waals surface area contributed by atoms with Gasteiger partial charge in [0, 0.05) is 21.3 Å². The van der Waals surface area contributed by atoms with Crippen LogP contribution in [0.1, 0.15) is 32.9 Å². The van der Waals surface area contributed by atoms with Crippen LogP contribution in [0.15, 0.2) is 56.5 Å². The molecule has 0 radical (unpaired) electrons. The molecule has 0 fully saturated rings. The van der Waals surface area contributed by atoms with E-state index in [0.717, 1.165) is 21.4 Å². The van der Waals surface area contributed by atoms with Gasteiger partial charge in [0.1, 0.15) is 5.75 Å². The SMILES string of the molecule is Cc1cc(C)n(Cc2cccc(C(=O)NN=Cc3cc(Br)cc(Br)c3O)c2)n1. The van der Waals surface area contributed by atoms with E-state index in [1.54, 1.807) is 18.2 Å². The van der Waals surface area contributed by atoms with Crippen LogP contribution in [0.25, 0.3) is 0 Å². The summed E-state index contributed by atoms with van der Waals surface area (Å²) in [7, 11) is 0. The minimum atomic E-state index is -0.333. The van der Waals surface area contributed by atoms with Crippen molar-refractivity contribution in [2.75, 3.05) is 0 Å². The maximum absolute atomic E-state index is 12.4. The molecule has 0 aliphatic rings. The van der Waals surface area contributed by atoms with Crippen LogP contribution in [-0.4, -0.2) is 27.0 Å². The predicted molar refractivity (Wildman–Crippen MR) is 116 cm³/mol. The second-order valence-corrected chi connectivity index (χ2v) is 8.08. The second-order valence-electron chi connectivity index (χ2n) is 6.31. The van der Waals surface area contributed by atoms with E-state index in [0.29, 0.717) is 22.1 Å². The molecule has 0 spiro atoms. The standard InChI is InChI=1S/C20H18Br2N4O2/c1-12-6-13(2)26(25-12)11-14-4-3-5-15(7-14)20(28)24-23-10-16-8-17(21)9-18(22)19(16)27/h3-10,27H,11H2,1-2H3,(H,24,28). The van der Waals surface area contributed by atoms with Gasteiger partial charge in [-0.05, 0) is 65.7 Å². The van der Waals surface area contributed by atoms with Crippen molar-refractivity contribution in [3.05, 3.63) is 79.5 Å². The van der Waals surface area contributed by atoms with E-state index in [4.69, 9.17) is 0 Å². The number of aromatic hydroxyl groups is 1. The van der Waals surface area contributed by atoms with Gasteiger partial charge in [-0.2, -0.15) is 10.2 Å². The zero-order valence-corrected chi connectivity index (χ0v) is 18.5. The Kier molecular flexibility index (Phi) is 6.31. The topological polar surface area (TPSA) is 79.5 Å². The van der Waals surface area contributed by atoms with Gasteiger partial charge in [-0.3, -0.25) is 9.48 Å². The van der Waals surface area contributed by atoms with Gasteiger partial charge in [0.25, 0.3) is 5.91 Å². The number of rotatable bonds is 5. The van der Waals surface area contributed by atoms with E-state index in [2.05, 4.69) is 47.5 Å². The summed E-state index contributed by atoms with van der Waals surface area (Å²) in [4.78, 5) is 12.4. The van der Waals surface area contributed by atoms with Gasteiger partial charge in [0.2, 0.25) is 0 Å². The van der Waals surface area contributed by atoms with Gasteiger partial charge in [-0.15, -0.1) is 0 Å². The predicted octanol–water partition coefficient (Wildman–Crippen LogP) is 4.54. The molecule has 0 bridgehead atoms. The summed E-state index contributed by atoms with van der Waals surface area (Å²) in [6.07, 6.45) is 1.39. The maximum Gasteiger partial charge on any atom is 0.271 e. The largest absolute Gasteiger partial charge is 0.506 e. The van der Waals surface area contributed by atoms with Crippen molar-refractivity contribution in [1.82, 2.24) is 15.2 Å². The molecule has 0 unspecified atom stereocenters. The monoisotopic (exact) mass is 504 g/mol. The fourth-order valence-electron chi connectivity index (χ4n) is 2.73. The summed E-state index contributed by atoms with van der Waals surface area (Å²) in [6.45, 7) is 4.54. The molecule has 0 saturated carbocycles. The van der Waals surface area contributed by atoms with Crippen molar-refractivity contribution in [3.63, 3.8) is 0 Å². The lowest BCUT2D eigenvalue weighted by molar-refractivity contribution is 0.0955. The molecule has 6 nitrogen and oxygen atoms in total. The third kappa shape index (κ3) is 4.88. The molecule has 2 N–H and O–H groups in total. The summed E-state index contributed by atoms with van der Waals surface area (Å²) in [6, 6.07) is 12.8. The quantitative estimate of drug-likeness (QED) is 0.394. The van der Waals surface area contributed by atoms with E-state index in [1.165, 1.54) is 6.21 Å². The zero-order valence-electron chi connectivity index (χ0n) is 15.3. The van der Waals surface area contributed by atoms with Gasteiger partial charge < -0.3 is 5.11 Å². The molecular formula is C20H18Br2N4O2.